The van der Waals surface area contributed by atoms with Gasteiger partial charge >= 0.3 is 6.18 Å². The van der Waals surface area contributed by atoms with E-state index in [1.54, 1.807) is 44.2 Å². The molecule has 0 aliphatic rings. The number of rotatable bonds is 4. The zero-order valence-corrected chi connectivity index (χ0v) is 19.0. The van der Waals surface area contributed by atoms with Crippen LogP contribution < -0.4 is 4.72 Å². The third-order valence-electron chi connectivity index (χ3n) is 5.35. The average Bonchev–Trinajstić information content (AvgIpc) is 2.71. The molecule has 4 nitrogen and oxygen atoms in total. The first-order chi connectivity index (χ1) is 15.4. The molecule has 0 bridgehead atoms. The number of halogens is 3. The number of aromatic nitrogens is 1. The van der Waals surface area contributed by atoms with Crippen LogP contribution in [0.15, 0.2) is 71.6 Å². The third-order valence-corrected chi connectivity index (χ3v) is 7.01. The standard InChI is InChI=1S/C25H21F3N2O2S/c1-15-12-16(2)24(17(3)13-15)33(31,32)30-23-11-7-20-14-19(6-10-22(20)29-23)18-4-8-21(9-5-18)25(26,27)28/h4-14H,1-3H3,(H,29,30). The highest BCUT2D eigenvalue weighted by Crippen LogP contribution is 2.32. The lowest BCUT2D eigenvalue weighted by Crippen LogP contribution is -2.16. The van der Waals surface area contributed by atoms with E-state index in [0.717, 1.165) is 28.6 Å². The molecule has 170 valence electrons. The molecular formula is C25H21F3N2O2S. The van der Waals surface area contributed by atoms with Gasteiger partial charge in [0.15, 0.2) is 0 Å². The minimum atomic E-state index is -4.38. The number of benzene rings is 3. The van der Waals surface area contributed by atoms with E-state index in [1.165, 1.54) is 12.1 Å². The van der Waals surface area contributed by atoms with E-state index in [2.05, 4.69) is 9.71 Å². The van der Waals surface area contributed by atoms with Gasteiger partial charge in [0.05, 0.1) is 16.0 Å². The maximum Gasteiger partial charge on any atom is 0.416 e. The Bertz CT molecular complexity index is 1440. The van der Waals surface area contributed by atoms with Gasteiger partial charge in [0.1, 0.15) is 5.82 Å². The first kappa shape index (κ1) is 22.8. The Morgan fingerprint density at radius 2 is 1.39 bits per heavy atom. The predicted molar refractivity (Wildman–Crippen MR) is 124 cm³/mol. The number of hydrogen-bond donors (Lipinski definition) is 1. The number of fused-ring (bicyclic) bond motifs is 1. The molecule has 0 amide bonds. The fraction of sp³-hybridized carbons (Fsp3) is 0.160. The van der Waals surface area contributed by atoms with Gasteiger partial charge in [-0.15, -0.1) is 0 Å². The van der Waals surface area contributed by atoms with Crippen LogP contribution in [0.4, 0.5) is 19.0 Å². The second kappa shape index (κ2) is 8.19. The van der Waals surface area contributed by atoms with Crippen LogP contribution in [0.2, 0.25) is 0 Å². The number of nitrogens with one attached hydrogen (secondary N) is 1. The summed E-state index contributed by atoms with van der Waals surface area (Å²) >= 11 is 0. The molecule has 4 aromatic rings. The molecule has 0 saturated heterocycles. The van der Waals surface area contributed by atoms with Crippen molar-refractivity contribution in [3.05, 3.63) is 89.0 Å². The molecule has 33 heavy (non-hydrogen) atoms. The second-order valence-electron chi connectivity index (χ2n) is 8.01. The summed E-state index contributed by atoms with van der Waals surface area (Å²) in [5.74, 6) is 0.184. The Morgan fingerprint density at radius 3 is 2.00 bits per heavy atom. The van der Waals surface area contributed by atoms with E-state index < -0.39 is 21.8 Å². The summed E-state index contributed by atoms with van der Waals surface area (Å²) in [4.78, 5) is 4.63. The minimum Gasteiger partial charge on any atom is -0.263 e. The number of sulfonamides is 1. The topological polar surface area (TPSA) is 59.1 Å². The zero-order valence-electron chi connectivity index (χ0n) is 18.2. The van der Waals surface area contributed by atoms with Gasteiger partial charge in [0, 0.05) is 5.39 Å². The molecule has 8 heteroatoms. The van der Waals surface area contributed by atoms with Crippen LogP contribution in [-0.4, -0.2) is 13.4 Å². The fourth-order valence-corrected chi connectivity index (χ4v) is 5.45. The van der Waals surface area contributed by atoms with Crippen molar-refractivity contribution in [1.82, 2.24) is 4.98 Å². The summed E-state index contributed by atoms with van der Waals surface area (Å²) in [6.07, 6.45) is -4.38. The van der Waals surface area contributed by atoms with Gasteiger partial charge < -0.3 is 0 Å². The Labute approximate surface area is 190 Å². The molecule has 0 aliphatic carbocycles. The number of nitrogens with zero attached hydrogens (tertiary/aromatic N) is 1. The van der Waals surface area contributed by atoms with Crippen molar-refractivity contribution < 1.29 is 21.6 Å². The molecule has 0 radical (unpaired) electrons. The van der Waals surface area contributed by atoms with Crippen LogP contribution in [0.5, 0.6) is 0 Å². The average molecular weight is 471 g/mol. The van der Waals surface area contributed by atoms with E-state index in [4.69, 9.17) is 0 Å². The first-order valence-electron chi connectivity index (χ1n) is 10.1. The molecule has 1 N–H and O–H groups in total. The van der Waals surface area contributed by atoms with Crippen molar-refractivity contribution in [2.24, 2.45) is 0 Å². The highest BCUT2D eigenvalue weighted by molar-refractivity contribution is 7.92. The first-order valence-corrected chi connectivity index (χ1v) is 11.6. The van der Waals surface area contributed by atoms with Gasteiger partial charge in [0.2, 0.25) is 0 Å². The van der Waals surface area contributed by atoms with E-state index in [9.17, 15) is 21.6 Å². The van der Waals surface area contributed by atoms with E-state index in [0.29, 0.717) is 22.2 Å². The Kier molecular flexibility index (Phi) is 5.66. The summed E-state index contributed by atoms with van der Waals surface area (Å²) in [7, 11) is -3.83. The summed E-state index contributed by atoms with van der Waals surface area (Å²) in [5, 5.41) is 0.734. The molecule has 0 aliphatic heterocycles. The van der Waals surface area contributed by atoms with Gasteiger partial charge in [-0.05, 0) is 79.4 Å². The molecule has 0 atom stereocenters. The van der Waals surface area contributed by atoms with Gasteiger partial charge in [-0.1, -0.05) is 35.9 Å². The molecule has 0 spiro atoms. The highest BCUT2D eigenvalue weighted by Gasteiger charge is 2.30. The van der Waals surface area contributed by atoms with Crippen molar-refractivity contribution in [3.8, 4) is 11.1 Å². The van der Waals surface area contributed by atoms with Crippen LogP contribution >= 0.6 is 0 Å². The van der Waals surface area contributed by atoms with Crippen molar-refractivity contribution in [2.75, 3.05) is 4.72 Å². The Morgan fingerprint density at radius 1 is 0.788 bits per heavy atom. The predicted octanol–water partition coefficient (Wildman–Crippen LogP) is 6.65. The second-order valence-corrected chi connectivity index (χ2v) is 9.63. The van der Waals surface area contributed by atoms with Crippen LogP contribution in [0, 0.1) is 20.8 Å². The summed E-state index contributed by atoms with van der Waals surface area (Å²) < 4.78 is 66.9. The molecular weight excluding hydrogens is 449 g/mol. The summed E-state index contributed by atoms with van der Waals surface area (Å²) in [6, 6.07) is 17.1. The van der Waals surface area contributed by atoms with Crippen molar-refractivity contribution >= 4 is 26.7 Å². The Balaban J connectivity index is 1.63. The highest BCUT2D eigenvalue weighted by atomic mass is 32.2. The molecule has 0 fully saturated rings. The molecule has 0 saturated carbocycles. The normalized spacial score (nSPS) is 12.2. The zero-order chi connectivity index (χ0) is 24.0. The van der Waals surface area contributed by atoms with Gasteiger partial charge in [-0.25, -0.2) is 13.4 Å². The summed E-state index contributed by atoms with van der Waals surface area (Å²) in [6.45, 7) is 5.42. The monoisotopic (exact) mass is 470 g/mol. The third kappa shape index (κ3) is 4.71. The SMILES string of the molecule is Cc1cc(C)c(S(=O)(=O)Nc2ccc3cc(-c4ccc(C(F)(F)F)cc4)ccc3n2)c(C)c1. The lowest BCUT2D eigenvalue weighted by atomic mass is 10.0. The van der Waals surface area contributed by atoms with Gasteiger partial charge in [0.25, 0.3) is 10.0 Å². The minimum absolute atomic E-state index is 0.184. The number of aryl methyl sites for hydroxylation is 3. The van der Waals surface area contributed by atoms with Crippen LogP contribution in [0.3, 0.4) is 0 Å². The van der Waals surface area contributed by atoms with Crippen LogP contribution in [-0.2, 0) is 16.2 Å². The molecule has 1 heterocycles. The number of alkyl halides is 3. The van der Waals surface area contributed by atoms with Crippen molar-refractivity contribution in [2.45, 2.75) is 31.8 Å². The van der Waals surface area contributed by atoms with Crippen molar-refractivity contribution in [1.29, 1.82) is 0 Å². The fourth-order valence-electron chi connectivity index (χ4n) is 3.99. The maximum absolute atomic E-state index is 13.0. The quantitative estimate of drug-likeness (QED) is 0.363. The van der Waals surface area contributed by atoms with E-state index >= 15 is 0 Å². The molecule has 4 rings (SSSR count). The molecule has 3 aromatic carbocycles. The maximum atomic E-state index is 13.0. The smallest absolute Gasteiger partial charge is 0.263 e. The van der Waals surface area contributed by atoms with Crippen molar-refractivity contribution in [3.63, 3.8) is 0 Å². The van der Waals surface area contributed by atoms with Crippen LogP contribution in [0.1, 0.15) is 22.3 Å². The lowest BCUT2D eigenvalue weighted by Gasteiger charge is -2.14. The Hall–Kier alpha value is -3.39. The van der Waals surface area contributed by atoms with E-state index in [1.807, 2.05) is 19.1 Å². The number of anilines is 1. The lowest BCUT2D eigenvalue weighted by molar-refractivity contribution is -0.137. The van der Waals surface area contributed by atoms with E-state index in [-0.39, 0.29) is 10.7 Å². The number of pyridine rings is 1. The van der Waals surface area contributed by atoms with Gasteiger partial charge in [-0.2, -0.15) is 13.2 Å². The van der Waals surface area contributed by atoms with Crippen LogP contribution in [0.25, 0.3) is 22.0 Å². The molecule has 1 aromatic heterocycles. The summed E-state index contributed by atoms with van der Waals surface area (Å²) in [5.41, 5.74) is 3.52. The largest absolute Gasteiger partial charge is 0.416 e. The molecule has 0 unspecified atom stereocenters. The van der Waals surface area contributed by atoms with Gasteiger partial charge in [-0.3, -0.25) is 4.72 Å². The number of hydrogen-bond acceptors (Lipinski definition) is 3.